The zero-order valence-electron chi connectivity index (χ0n) is 23.1. The smallest absolute Gasteiger partial charge is 0.274 e. The van der Waals surface area contributed by atoms with Crippen LogP contribution in [0.5, 0.6) is 11.5 Å². The lowest BCUT2D eigenvalue weighted by molar-refractivity contribution is -0.124. The van der Waals surface area contributed by atoms with E-state index in [2.05, 4.69) is 22.4 Å². The van der Waals surface area contributed by atoms with Crippen molar-refractivity contribution in [3.8, 4) is 11.5 Å². The van der Waals surface area contributed by atoms with E-state index in [9.17, 15) is 14.4 Å². The number of carbonyl (C=O) groups excluding carboxylic acids is 3. The Hall–Kier alpha value is -4.18. The molecule has 0 aliphatic carbocycles. The van der Waals surface area contributed by atoms with Gasteiger partial charge in [0.1, 0.15) is 17.2 Å². The summed E-state index contributed by atoms with van der Waals surface area (Å²) in [4.78, 5) is 42.6. The van der Waals surface area contributed by atoms with Gasteiger partial charge in [0.25, 0.3) is 11.8 Å². The molecule has 40 heavy (non-hydrogen) atoms. The lowest BCUT2D eigenvalue weighted by atomic mass is 10.0. The number of likely N-dealkylation sites (tertiary alicyclic amines) is 1. The molecule has 0 unspecified atom stereocenters. The Kier molecular flexibility index (Phi) is 8.16. The molecule has 0 radical (unpaired) electrons. The van der Waals surface area contributed by atoms with Crippen LogP contribution in [0.4, 0.5) is 0 Å². The van der Waals surface area contributed by atoms with Gasteiger partial charge in [-0.2, -0.15) is 5.10 Å². The summed E-state index contributed by atoms with van der Waals surface area (Å²) < 4.78 is 12.5. The fourth-order valence-corrected chi connectivity index (χ4v) is 5.12. The molecule has 1 saturated heterocycles. The van der Waals surface area contributed by atoms with Crippen molar-refractivity contribution in [2.75, 3.05) is 26.7 Å². The van der Waals surface area contributed by atoms with Crippen LogP contribution in [0.25, 0.3) is 0 Å². The van der Waals surface area contributed by atoms with E-state index in [1.54, 1.807) is 30.1 Å². The van der Waals surface area contributed by atoms with Crippen molar-refractivity contribution in [2.45, 2.75) is 51.9 Å². The van der Waals surface area contributed by atoms with Gasteiger partial charge in [-0.25, -0.2) is 0 Å². The van der Waals surface area contributed by atoms with Crippen molar-refractivity contribution < 1.29 is 23.9 Å². The van der Waals surface area contributed by atoms with Crippen molar-refractivity contribution >= 4 is 17.7 Å². The molecule has 5 rings (SSSR count). The summed E-state index contributed by atoms with van der Waals surface area (Å²) in [5.41, 5.74) is 3.51. The zero-order valence-corrected chi connectivity index (χ0v) is 23.1. The molecule has 0 saturated carbocycles. The first-order valence-electron chi connectivity index (χ1n) is 13.7. The lowest BCUT2D eigenvalue weighted by Gasteiger charge is -2.38. The number of hydrogen-bond donors (Lipinski definition) is 2. The first-order chi connectivity index (χ1) is 19.3. The number of fused-ring (bicyclic) bond motifs is 5. The van der Waals surface area contributed by atoms with E-state index in [1.165, 1.54) is 4.90 Å². The number of aromatic nitrogens is 2. The summed E-state index contributed by atoms with van der Waals surface area (Å²) in [6, 6.07) is 14.2. The van der Waals surface area contributed by atoms with Gasteiger partial charge in [0.15, 0.2) is 0 Å². The monoisotopic (exact) mass is 545 g/mol. The van der Waals surface area contributed by atoms with Crippen LogP contribution in [0.3, 0.4) is 0 Å². The van der Waals surface area contributed by atoms with Crippen molar-refractivity contribution in [2.24, 2.45) is 0 Å². The van der Waals surface area contributed by atoms with Crippen LogP contribution in [0.1, 0.15) is 57.4 Å². The standard InChI is InChI=1S/C30H35N5O5/c1-4-6-22-15-24(33-32-22)30(38)35-12-11-26-25(16-35)31-28(36)17-34(3)29(37)21-10-9-19(2)27(14-21)40-23-8-5-7-20(13-23)18-39-26/h5,7-10,13-15,25-26H,4,6,11-12,16-18H2,1-3H3,(H,31,36)(H,32,33)/t25-,26+/m0/s1. The first kappa shape index (κ1) is 27.4. The Bertz CT molecular complexity index is 1400. The van der Waals surface area contributed by atoms with Crippen LogP contribution in [-0.4, -0.2) is 76.5 Å². The Morgan fingerprint density at radius 3 is 2.83 bits per heavy atom. The van der Waals surface area contributed by atoms with Crippen LogP contribution in [-0.2, 0) is 22.6 Å². The van der Waals surface area contributed by atoms with Gasteiger partial charge in [-0.15, -0.1) is 0 Å². The molecule has 1 aromatic heterocycles. The maximum Gasteiger partial charge on any atom is 0.274 e. The third-order valence-corrected chi connectivity index (χ3v) is 7.31. The highest BCUT2D eigenvalue weighted by Crippen LogP contribution is 2.28. The van der Waals surface area contributed by atoms with Gasteiger partial charge in [0, 0.05) is 31.4 Å². The molecule has 3 aromatic rings. The molecule has 2 aliphatic rings. The van der Waals surface area contributed by atoms with Crippen LogP contribution in [0, 0.1) is 6.92 Å². The number of hydrogen-bond acceptors (Lipinski definition) is 6. The van der Waals surface area contributed by atoms with Gasteiger partial charge in [-0.1, -0.05) is 31.5 Å². The Morgan fingerprint density at radius 2 is 2.00 bits per heavy atom. The minimum atomic E-state index is -0.457. The highest BCUT2D eigenvalue weighted by atomic mass is 16.5. The van der Waals surface area contributed by atoms with Crippen LogP contribution < -0.4 is 10.1 Å². The minimum absolute atomic E-state index is 0.140. The number of aryl methyl sites for hydroxylation is 2. The van der Waals surface area contributed by atoms with Crippen LogP contribution >= 0.6 is 0 Å². The highest BCUT2D eigenvalue weighted by molar-refractivity contribution is 5.97. The molecule has 2 N–H and O–H groups in total. The third kappa shape index (κ3) is 6.17. The van der Waals surface area contributed by atoms with Gasteiger partial charge < -0.3 is 24.6 Å². The van der Waals surface area contributed by atoms with E-state index < -0.39 is 6.04 Å². The number of likely N-dealkylation sites (N-methyl/N-ethyl adjacent to an activating group) is 1. The number of nitrogens with one attached hydrogen (secondary N) is 2. The van der Waals surface area contributed by atoms with Crippen molar-refractivity contribution in [3.63, 3.8) is 0 Å². The minimum Gasteiger partial charge on any atom is -0.457 e. The second-order valence-corrected chi connectivity index (χ2v) is 10.5. The molecule has 3 amide bonds. The van der Waals surface area contributed by atoms with Gasteiger partial charge in [0.2, 0.25) is 5.91 Å². The summed E-state index contributed by atoms with van der Waals surface area (Å²) in [6.45, 7) is 4.91. The number of rotatable bonds is 3. The van der Waals surface area contributed by atoms with E-state index in [1.807, 2.05) is 37.3 Å². The molecule has 210 valence electrons. The lowest BCUT2D eigenvalue weighted by Crippen LogP contribution is -2.58. The zero-order chi connectivity index (χ0) is 28.2. The fourth-order valence-electron chi connectivity index (χ4n) is 5.12. The quantitative estimate of drug-likeness (QED) is 0.521. The average Bonchev–Trinajstić information content (AvgIpc) is 3.41. The van der Waals surface area contributed by atoms with Crippen molar-refractivity contribution in [1.82, 2.24) is 25.3 Å². The van der Waals surface area contributed by atoms with Crippen molar-refractivity contribution in [1.29, 1.82) is 0 Å². The van der Waals surface area contributed by atoms with E-state index in [4.69, 9.17) is 9.47 Å². The normalized spacial score (nSPS) is 20.0. The topological polar surface area (TPSA) is 117 Å². The summed E-state index contributed by atoms with van der Waals surface area (Å²) in [7, 11) is 1.59. The molecule has 10 nitrogen and oxygen atoms in total. The predicted molar refractivity (Wildman–Crippen MR) is 148 cm³/mol. The molecule has 10 heteroatoms. The highest BCUT2D eigenvalue weighted by Gasteiger charge is 2.34. The number of H-pyrrole nitrogens is 1. The third-order valence-electron chi connectivity index (χ3n) is 7.31. The molecule has 0 spiro atoms. The predicted octanol–water partition coefficient (Wildman–Crippen LogP) is 3.46. The van der Waals surface area contributed by atoms with Crippen LogP contribution in [0.2, 0.25) is 0 Å². The molecule has 1 fully saturated rings. The summed E-state index contributed by atoms with van der Waals surface area (Å²) in [5, 5.41) is 10.2. The number of ether oxygens (including phenoxy) is 2. The molecule has 2 aromatic carbocycles. The summed E-state index contributed by atoms with van der Waals surface area (Å²) >= 11 is 0. The molecule has 2 aliphatic heterocycles. The van der Waals surface area contributed by atoms with E-state index in [0.717, 1.165) is 29.7 Å². The molecular formula is C30H35N5O5. The van der Waals surface area contributed by atoms with E-state index >= 15 is 0 Å². The number of carbonyl (C=O) groups is 3. The Balaban J connectivity index is 1.39. The second kappa shape index (κ2) is 11.9. The molecule has 2 atom stereocenters. The second-order valence-electron chi connectivity index (χ2n) is 10.5. The Labute approximate surface area is 233 Å². The molecular weight excluding hydrogens is 510 g/mol. The summed E-state index contributed by atoms with van der Waals surface area (Å²) in [5.74, 6) is 0.401. The van der Waals surface area contributed by atoms with Crippen molar-refractivity contribution in [3.05, 3.63) is 76.6 Å². The van der Waals surface area contributed by atoms with E-state index in [0.29, 0.717) is 42.3 Å². The largest absolute Gasteiger partial charge is 0.457 e. The van der Waals surface area contributed by atoms with Gasteiger partial charge in [0.05, 0.1) is 25.3 Å². The molecule has 4 bridgehead atoms. The number of piperidine rings is 1. The van der Waals surface area contributed by atoms with E-state index in [-0.39, 0.29) is 36.9 Å². The SMILES string of the molecule is CCCc1cc(C(=O)N2CC[C@H]3OCc4cccc(c4)Oc4cc(ccc4C)C(=O)N(C)CC(=O)N[C@H]3C2)n[nH]1. The maximum absolute atomic E-state index is 13.2. The van der Waals surface area contributed by atoms with Gasteiger partial charge >= 0.3 is 0 Å². The van der Waals surface area contributed by atoms with Gasteiger partial charge in [-0.3, -0.25) is 19.5 Å². The number of amides is 3. The average molecular weight is 546 g/mol. The Morgan fingerprint density at radius 1 is 1.15 bits per heavy atom. The summed E-state index contributed by atoms with van der Waals surface area (Å²) in [6.07, 6.45) is 1.98. The fraction of sp³-hybridized carbons (Fsp3) is 0.400. The van der Waals surface area contributed by atoms with Gasteiger partial charge in [-0.05, 0) is 61.2 Å². The first-order valence-corrected chi connectivity index (χ1v) is 13.7. The van der Waals surface area contributed by atoms with Crippen LogP contribution in [0.15, 0.2) is 48.5 Å². The number of benzene rings is 2. The maximum atomic E-state index is 13.2. The number of nitrogens with zero attached hydrogens (tertiary/aromatic N) is 3. The number of aromatic amines is 1. The molecule has 3 heterocycles.